The molecule has 2 aromatic heterocycles. The Bertz CT molecular complexity index is 759. The number of nitrogens with one attached hydrogen (secondary N) is 1. The topological polar surface area (TPSA) is 122 Å². The molecule has 3 heterocycles. The molecule has 10 nitrogen and oxygen atoms in total. The number of aryl methyl sites for hydroxylation is 2. The summed E-state index contributed by atoms with van der Waals surface area (Å²) in [5.41, 5.74) is 1.13. The number of aliphatic carboxylic acids is 1. The Kier molecular flexibility index (Phi) is 3.53. The van der Waals surface area contributed by atoms with Gasteiger partial charge in [0.05, 0.1) is 31.0 Å². The first-order valence-corrected chi connectivity index (χ1v) is 7.01. The number of aromatic amines is 1. The second-order valence-electron chi connectivity index (χ2n) is 5.24. The normalized spacial score (nSPS) is 18.4. The molecule has 0 aromatic carbocycles. The lowest BCUT2D eigenvalue weighted by Crippen LogP contribution is -2.49. The first-order chi connectivity index (χ1) is 10.5. The summed E-state index contributed by atoms with van der Waals surface area (Å²) >= 11 is 0. The molecule has 0 aliphatic carbocycles. The Hall–Kier alpha value is -2.49. The van der Waals surface area contributed by atoms with Gasteiger partial charge in [0.1, 0.15) is 11.9 Å². The summed E-state index contributed by atoms with van der Waals surface area (Å²) in [6.45, 7) is 5.13. The number of rotatable bonds is 4. The van der Waals surface area contributed by atoms with Crippen molar-refractivity contribution in [3.05, 3.63) is 27.7 Å². The monoisotopic (exact) mass is 307 g/mol. The zero-order valence-corrected chi connectivity index (χ0v) is 12.4. The van der Waals surface area contributed by atoms with E-state index in [1.54, 1.807) is 9.70 Å². The standard InChI is InChI=1S/C12H17N7O3/c1-3-19-15-7(2)8(16-19)4-17-6-10-13-14-12(22)18(10)5-9(17)11(20)21/h9H,3-6H2,1-2H3,(H,14,22)(H,20,21). The van der Waals surface area contributed by atoms with Crippen LogP contribution in [-0.2, 0) is 31.0 Å². The van der Waals surface area contributed by atoms with E-state index in [0.717, 1.165) is 11.4 Å². The van der Waals surface area contributed by atoms with Crippen molar-refractivity contribution in [1.82, 2.24) is 34.7 Å². The molecule has 1 atom stereocenters. The third kappa shape index (κ3) is 2.41. The summed E-state index contributed by atoms with van der Waals surface area (Å²) in [7, 11) is 0. The van der Waals surface area contributed by atoms with Crippen molar-refractivity contribution in [2.24, 2.45) is 0 Å². The fourth-order valence-corrected chi connectivity index (χ4v) is 2.58. The molecule has 118 valence electrons. The fourth-order valence-electron chi connectivity index (χ4n) is 2.58. The average Bonchev–Trinajstić information content (AvgIpc) is 3.02. The Morgan fingerprint density at radius 1 is 1.45 bits per heavy atom. The van der Waals surface area contributed by atoms with Gasteiger partial charge >= 0.3 is 11.7 Å². The van der Waals surface area contributed by atoms with E-state index in [1.165, 1.54) is 4.57 Å². The number of fused-ring (bicyclic) bond motifs is 1. The van der Waals surface area contributed by atoms with Gasteiger partial charge in [-0.05, 0) is 13.8 Å². The smallest absolute Gasteiger partial charge is 0.343 e. The molecule has 0 amide bonds. The van der Waals surface area contributed by atoms with E-state index in [2.05, 4.69) is 20.4 Å². The molecule has 3 rings (SSSR count). The van der Waals surface area contributed by atoms with Crippen LogP contribution in [0.2, 0.25) is 0 Å². The maximum Gasteiger partial charge on any atom is 0.343 e. The molecule has 1 aliphatic rings. The van der Waals surface area contributed by atoms with Crippen LogP contribution in [0.3, 0.4) is 0 Å². The van der Waals surface area contributed by atoms with Gasteiger partial charge in [0, 0.05) is 6.54 Å². The van der Waals surface area contributed by atoms with Crippen molar-refractivity contribution >= 4 is 5.97 Å². The van der Waals surface area contributed by atoms with E-state index in [4.69, 9.17) is 0 Å². The second kappa shape index (κ2) is 5.37. The van der Waals surface area contributed by atoms with E-state index < -0.39 is 12.0 Å². The molecule has 22 heavy (non-hydrogen) atoms. The van der Waals surface area contributed by atoms with Crippen LogP contribution in [0, 0.1) is 6.92 Å². The summed E-state index contributed by atoms with van der Waals surface area (Å²) in [5, 5.41) is 24.3. The molecule has 0 spiro atoms. The lowest BCUT2D eigenvalue weighted by molar-refractivity contribution is -0.145. The van der Waals surface area contributed by atoms with E-state index in [-0.39, 0.29) is 18.8 Å². The van der Waals surface area contributed by atoms with E-state index in [9.17, 15) is 14.7 Å². The number of H-pyrrole nitrogens is 1. The number of carboxylic acids is 1. The van der Waals surface area contributed by atoms with Gasteiger partial charge in [0.2, 0.25) is 0 Å². The van der Waals surface area contributed by atoms with E-state index >= 15 is 0 Å². The molecule has 1 aliphatic heterocycles. The summed E-state index contributed by atoms with van der Waals surface area (Å²) in [6, 6.07) is -0.797. The lowest BCUT2D eigenvalue weighted by Gasteiger charge is -2.32. The zero-order chi connectivity index (χ0) is 15.9. The number of carboxylic acid groups (broad SMARTS) is 1. The van der Waals surface area contributed by atoms with Crippen molar-refractivity contribution in [2.75, 3.05) is 0 Å². The minimum atomic E-state index is -0.973. The summed E-state index contributed by atoms with van der Waals surface area (Å²) in [6.07, 6.45) is 0. The van der Waals surface area contributed by atoms with Crippen LogP contribution in [0.4, 0.5) is 0 Å². The number of nitrogens with zero attached hydrogens (tertiary/aromatic N) is 6. The highest BCUT2D eigenvalue weighted by Crippen LogP contribution is 2.18. The van der Waals surface area contributed by atoms with Crippen LogP contribution >= 0.6 is 0 Å². The Balaban J connectivity index is 1.89. The quantitative estimate of drug-likeness (QED) is 0.739. The van der Waals surface area contributed by atoms with Crippen molar-refractivity contribution in [3.63, 3.8) is 0 Å². The number of carbonyl (C=O) groups is 1. The molecule has 0 radical (unpaired) electrons. The largest absolute Gasteiger partial charge is 0.480 e. The first kappa shape index (κ1) is 14.4. The van der Waals surface area contributed by atoms with Crippen molar-refractivity contribution in [2.45, 2.75) is 46.1 Å². The predicted molar refractivity (Wildman–Crippen MR) is 74.0 cm³/mol. The summed E-state index contributed by atoms with van der Waals surface area (Å²) < 4.78 is 1.37. The van der Waals surface area contributed by atoms with Crippen LogP contribution in [0.1, 0.15) is 24.1 Å². The van der Waals surface area contributed by atoms with Gasteiger partial charge in [-0.1, -0.05) is 0 Å². The molecule has 0 fully saturated rings. The summed E-state index contributed by atoms with van der Waals surface area (Å²) in [5.74, 6) is -0.442. The number of aromatic nitrogens is 6. The molecule has 1 unspecified atom stereocenters. The molecular weight excluding hydrogens is 290 g/mol. The van der Waals surface area contributed by atoms with Crippen molar-refractivity contribution in [1.29, 1.82) is 0 Å². The van der Waals surface area contributed by atoms with Gasteiger partial charge in [0.15, 0.2) is 0 Å². The van der Waals surface area contributed by atoms with Crippen LogP contribution in [0.5, 0.6) is 0 Å². The minimum absolute atomic E-state index is 0.0704. The molecule has 0 bridgehead atoms. The van der Waals surface area contributed by atoms with Gasteiger partial charge in [-0.3, -0.25) is 14.3 Å². The van der Waals surface area contributed by atoms with Crippen LogP contribution in [0.25, 0.3) is 0 Å². The summed E-state index contributed by atoms with van der Waals surface area (Å²) in [4.78, 5) is 26.4. The minimum Gasteiger partial charge on any atom is -0.480 e. The lowest BCUT2D eigenvalue weighted by atomic mass is 10.1. The SMILES string of the molecule is CCn1nc(C)c(CN2Cc3n[nH]c(=O)n3CC2C(=O)O)n1. The number of hydrogen-bond acceptors (Lipinski definition) is 6. The fraction of sp³-hybridized carbons (Fsp3) is 0.583. The first-order valence-electron chi connectivity index (χ1n) is 7.01. The third-order valence-corrected chi connectivity index (χ3v) is 3.82. The Morgan fingerprint density at radius 3 is 2.86 bits per heavy atom. The number of hydrogen-bond donors (Lipinski definition) is 2. The van der Waals surface area contributed by atoms with Gasteiger partial charge in [-0.15, -0.1) is 0 Å². The zero-order valence-electron chi connectivity index (χ0n) is 12.4. The average molecular weight is 307 g/mol. The highest BCUT2D eigenvalue weighted by Gasteiger charge is 2.34. The van der Waals surface area contributed by atoms with Crippen LogP contribution in [0.15, 0.2) is 4.79 Å². The predicted octanol–water partition coefficient (Wildman–Crippen LogP) is -1.04. The maximum atomic E-state index is 11.6. The molecule has 0 saturated heterocycles. The Labute approximate surface area is 125 Å². The molecule has 2 aromatic rings. The third-order valence-electron chi connectivity index (χ3n) is 3.82. The van der Waals surface area contributed by atoms with Gasteiger partial charge in [-0.25, -0.2) is 9.89 Å². The molecule has 10 heteroatoms. The van der Waals surface area contributed by atoms with E-state index in [1.807, 2.05) is 13.8 Å². The van der Waals surface area contributed by atoms with Crippen LogP contribution < -0.4 is 5.69 Å². The van der Waals surface area contributed by atoms with Gasteiger partial charge < -0.3 is 5.11 Å². The van der Waals surface area contributed by atoms with Crippen molar-refractivity contribution in [3.8, 4) is 0 Å². The van der Waals surface area contributed by atoms with Crippen molar-refractivity contribution < 1.29 is 9.90 Å². The molecular formula is C12H17N7O3. The maximum absolute atomic E-state index is 11.6. The highest BCUT2D eigenvalue weighted by molar-refractivity contribution is 5.73. The second-order valence-corrected chi connectivity index (χ2v) is 5.24. The van der Waals surface area contributed by atoms with Crippen LogP contribution in [-0.4, -0.2) is 51.8 Å². The Morgan fingerprint density at radius 2 is 2.23 bits per heavy atom. The van der Waals surface area contributed by atoms with Gasteiger partial charge in [0.25, 0.3) is 0 Å². The van der Waals surface area contributed by atoms with Gasteiger partial charge in [-0.2, -0.15) is 20.1 Å². The highest BCUT2D eigenvalue weighted by atomic mass is 16.4. The molecule has 0 saturated carbocycles. The van der Waals surface area contributed by atoms with E-state index in [0.29, 0.717) is 18.9 Å². The molecule has 2 N–H and O–H groups in total.